The van der Waals surface area contributed by atoms with Gasteiger partial charge in [-0.05, 0) is 25.7 Å². The summed E-state index contributed by atoms with van der Waals surface area (Å²) in [5, 5.41) is 8.38. The van der Waals surface area contributed by atoms with Crippen LogP contribution in [0.15, 0.2) is 11.6 Å². The summed E-state index contributed by atoms with van der Waals surface area (Å²) in [5.74, 6) is 0. The first-order valence-electron chi connectivity index (χ1n) is 3.22. The van der Waals surface area contributed by atoms with E-state index in [0.717, 1.165) is 6.42 Å². The van der Waals surface area contributed by atoms with Crippen LogP contribution in [0.5, 0.6) is 0 Å². The van der Waals surface area contributed by atoms with Crippen molar-refractivity contribution in [3.63, 3.8) is 0 Å². The lowest BCUT2D eigenvalue weighted by atomic mass is 10.2. The molecule has 0 bridgehead atoms. The molecule has 0 heterocycles. The van der Waals surface area contributed by atoms with Gasteiger partial charge in [-0.1, -0.05) is 11.6 Å². The standard InChI is InChI=1S/C7H12O/c8-6-2-1-3-7-4-5-7/h4,8H,1-3,5-6H2. The van der Waals surface area contributed by atoms with E-state index in [-0.39, 0.29) is 0 Å². The Balaban J connectivity index is 1.81. The normalized spacial score (nSPS) is 15.9. The van der Waals surface area contributed by atoms with Gasteiger partial charge in [-0.3, -0.25) is 0 Å². The van der Waals surface area contributed by atoms with E-state index in [9.17, 15) is 0 Å². The van der Waals surface area contributed by atoms with Crippen LogP contribution in [0.4, 0.5) is 0 Å². The van der Waals surface area contributed by atoms with E-state index in [1.165, 1.54) is 19.3 Å². The molecule has 46 valence electrons. The molecule has 0 unspecified atom stereocenters. The molecule has 0 radical (unpaired) electrons. The first-order valence-corrected chi connectivity index (χ1v) is 3.22. The zero-order chi connectivity index (χ0) is 5.82. The molecule has 0 atom stereocenters. The SMILES string of the molecule is OCCCCC1=CC1. The molecule has 1 heteroatoms. The van der Waals surface area contributed by atoms with E-state index in [1.54, 1.807) is 5.57 Å². The van der Waals surface area contributed by atoms with Gasteiger partial charge in [-0.15, -0.1) is 0 Å². The molecule has 0 fully saturated rings. The second kappa shape index (κ2) is 2.88. The quantitative estimate of drug-likeness (QED) is 0.431. The average molecular weight is 112 g/mol. The van der Waals surface area contributed by atoms with Gasteiger partial charge in [0, 0.05) is 6.61 Å². The number of unbranched alkanes of at least 4 members (excludes halogenated alkanes) is 1. The van der Waals surface area contributed by atoms with Gasteiger partial charge in [-0.25, -0.2) is 0 Å². The molecular weight excluding hydrogens is 100 g/mol. The number of hydrogen-bond donors (Lipinski definition) is 1. The zero-order valence-electron chi connectivity index (χ0n) is 5.06. The summed E-state index contributed by atoms with van der Waals surface area (Å²) in [4.78, 5) is 0. The van der Waals surface area contributed by atoms with Gasteiger partial charge in [-0.2, -0.15) is 0 Å². The Kier molecular flexibility index (Phi) is 2.10. The molecule has 0 aromatic rings. The largest absolute Gasteiger partial charge is 0.396 e. The molecule has 0 aromatic heterocycles. The van der Waals surface area contributed by atoms with Gasteiger partial charge < -0.3 is 5.11 Å². The first-order chi connectivity index (χ1) is 3.93. The van der Waals surface area contributed by atoms with E-state index in [0.29, 0.717) is 6.61 Å². The monoisotopic (exact) mass is 112 g/mol. The summed E-state index contributed by atoms with van der Waals surface area (Å²) in [6.45, 7) is 0.354. The van der Waals surface area contributed by atoms with Crippen LogP contribution < -0.4 is 0 Å². The maximum Gasteiger partial charge on any atom is 0.0431 e. The van der Waals surface area contributed by atoms with Crippen LogP contribution in [0.2, 0.25) is 0 Å². The molecule has 1 N–H and O–H groups in total. The Morgan fingerprint density at radius 2 is 2.25 bits per heavy atom. The molecule has 1 nitrogen and oxygen atoms in total. The third-order valence-electron chi connectivity index (χ3n) is 1.40. The Labute approximate surface area is 50.0 Å². The van der Waals surface area contributed by atoms with E-state index < -0.39 is 0 Å². The van der Waals surface area contributed by atoms with E-state index in [2.05, 4.69) is 6.08 Å². The molecule has 1 rings (SSSR count). The second-order valence-electron chi connectivity index (χ2n) is 2.25. The van der Waals surface area contributed by atoms with Gasteiger partial charge in [0.2, 0.25) is 0 Å². The fourth-order valence-corrected chi connectivity index (χ4v) is 0.740. The smallest absolute Gasteiger partial charge is 0.0431 e. The molecule has 1 aliphatic carbocycles. The van der Waals surface area contributed by atoms with Crippen LogP contribution in [0, 0.1) is 0 Å². The lowest BCUT2D eigenvalue weighted by Crippen LogP contribution is -1.80. The molecule has 0 aliphatic heterocycles. The van der Waals surface area contributed by atoms with Gasteiger partial charge in [0.15, 0.2) is 0 Å². The fourth-order valence-electron chi connectivity index (χ4n) is 0.740. The summed E-state index contributed by atoms with van der Waals surface area (Å²) >= 11 is 0. The van der Waals surface area contributed by atoms with Gasteiger partial charge in [0.1, 0.15) is 0 Å². The zero-order valence-corrected chi connectivity index (χ0v) is 5.06. The van der Waals surface area contributed by atoms with Gasteiger partial charge in [0.05, 0.1) is 0 Å². The molecule has 0 amide bonds. The van der Waals surface area contributed by atoms with E-state index >= 15 is 0 Å². The van der Waals surface area contributed by atoms with Crippen molar-refractivity contribution >= 4 is 0 Å². The lowest BCUT2D eigenvalue weighted by Gasteiger charge is -1.90. The molecule has 0 saturated carbocycles. The van der Waals surface area contributed by atoms with Crippen LogP contribution in [0.3, 0.4) is 0 Å². The molecule has 0 saturated heterocycles. The maximum atomic E-state index is 8.38. The second-order valence-corrected chi connectivity index (χ2v) is 2.25. The minimum Gasteiger partial charge on any atom is -0.396 e. The Bertz CT molecular complexity index is 94.6. The van der Waals surface area contributed by atoms with Gasteiger partial charge >= 0.3 is 0 Å². The third kappa shape index (κ3) is 2.12. The van der Waals surface area contributed by atoms with E-state index in [1.807, 2.05) is 0 Å². The van der Waals surface area contributed by atoms with Crippen molar-refractivity contribution in [1.82, 2.24) is 0 Å². The molecule has 0 spiro atoms. The summed E-state index contributed by atoms with van der Waals surface area (Å²) in [5.41, 5.74) is 1.58. The highest BCUT2D eigenvalue weighted by atomic mass is 16.2. The minimum atomic E-state index is 0.354. The molecule has 0 aromatic carbocycles. The van der Waals surface area contributed by atoms with Crippen molar-refractivity contribution in [1.29, 1.82) is 0 Å². The highest BCUT2D eigenvalue weighted by Gasteiger charge is 2.04. The van der Waals surface area contributed by atoms with Crippen molar-refractivity contribution in [3.05, 3.63) is 11.6 Å². The van der Waals surface area contributed by atoms with Crippen LogP contribution in [0.25, 0.3) is 0 Å². The first kappa shape index (κ1) is 5.83. The summed E-state index contributed by atoms with van der Waals surface area (Å²) in [6, 6.07) is 0. The maximum absolute atomic E-state index is 8.38. The average Bonchev–Trinajstić information content (AvgIpc) is 2.51. The number of allylic oxidation sites excluding steroid dienone is 2. The Morgan fingerprint density at radius 1 is 1.50 bits per heavy atom. The predicted octanol–water partition coefficient (Wildman–Crippen LogP) is 1.48. The minimum absolute atomic E-state index is 0.354. The van der Waals surface area contributed by atoms with Crippen LogP contribution in [0.1, 0.15) is 25.7 Å². The van der Waals surface area contributed by atoms with Crippen LogP contribution in [-0.4, -0.2) is 11.7 Å². The van der Waals surface area contributed by atoms with Gasteiger partial charge in [0.25, 0.3) is 0 Å². The highest BCUT2D eigenvalue weighted by molar-refractivity contribution is 5.21. The molecule has 1 aliphatic rings. The predicted molar refractivity (Wildman–Crippen MR) is 33.6 cm³/mol. The molecular formula is C7H12O. The van der Waals surface area contributed by atoms with E-state index in [4.69, 9.17) is 5.11 Å². The Hall–Kier alpha value is -0.300. The summed E-state index contributed by atoms with van der Waals surface area (Å²) in [7, 11) is 0. The van der Waals surface area contributed by atoms with Crippen LogP contribution in [-0.2, 0) is 0 Å². The number of aliphatic hydroxyl groups excluding tert-OH is 1. The topological polar surface area (TPSA) is 20.2 Å². The third-order valence-corrected chi connectivity index (χ3v) is 1.40. The van der Waals surface area contributed by atoms with Crippen molar-refractivity contribution in [2.75, 3.05) is 6.61 Å². The summed E-state index contributed by atoms with van der Waals surface area (Å²) in [6.07, 6.45) is 6.85. The Morgan fingerprint density at radius 3 is 2.75 bits per heavy atom. The van der Waals surface area contributed by atoms with Crippen molar-refractivity contribution in [2.24, 2.45) is 0 Å². The number of rotatable bonds is 4. The molecule has 8 heavy (non-hydrogen) atoms. The van der Waals surface area contributed by atoms with Crippen LogP contribution >= 0.6 is 0 Å². The van der Waals surface area contributed by atoms with Crippen molar-refractivity contribution in [3.8, 4) is 0 Å². The summed E-state index contributed by atoms with van der Waals surface area (Å²) < 4.78 is 0. The van der Waals surface area contributed by atoms with Crippen molar-refractivity contribution in [2.45, 2.75) is 25.7 Å². The highest BCUT2D eigenvalue weighted by Crippen LogP contribution is 2.23. The number of aliphatic hydroxyl groups is 1. The number of hydrogen-bond acceptors (Lipinski definition) is 1. The lowest BCUT2D eigenvalue weighted by molar-refractivity contribution is 0.285. The fraction of sp³-hybridized carbons (Fsp3) is 0.714. The van der Waals surface area contributed by atoms with Crippen molar-refractivity contribution < 1.29 is 5.11 Å².